The van der Waals surface area contributed by atoms with Crippen molar-refractivity contribution in [1.82, 2.24) is 10.6 Å². The van der Waals surface area contributed by atoms with Crippen molar-refractivity contribution in [2.75, 3.05) is 13.1 Å². The van der Waals surface area contributed by atoms with Crippen molar-refractivity contribution in [2.24, 2.45) is 10.3 Å². The molecular weight excluding hydrogens is 232 g/mol. The van der Waals surface area contributed by atoms with Crippen molar-refractivity contribution in [3.05, 3.63) is 0 Å². The van der Waals surface area contributed by atoms with Gasteiger partial charge in [-0.2, -0.15) is 0 Å². The summed E-state index contributed by atoms with van der Waals surface area (Å²) >= 11 is 0. The molecule has 0 heterocycles. The van der Waals surface area contributed by atoms with Gasteiger partial charge in [0.2, 0.25) is 0 Å². The predicted octanol–water partition coefficient (Wildman–Crippen LogP) is 1.42. The number of hydrogen-bond acceptors (Lipinski definition) is 6. The van der Waals surface area contributed by atoms with Crippen molar-refractivity contribution in [3.63, 3.8) is 0 Å². The van der Waals surface area contributed by atoms with Crippen molar-refractivity contribution >= 4 is 11.4 Å². The van der Waals surface area contributed by atoms with Gasteiger partial charge in [0.1, 0.15) is 0 Å². The van der Waals surface area contributed by atoms with Crippen LogP contribution in [0, 0.1) is 0 Å². The molecule has 6 nitrogen and oxygen atoms in total. The average Bonchev–Trinajstić information content (AvgIpc) is 2.32. The second-order valence-electron chi connectivity index (χ2n) is 5.47. The third-order valence-corrected chi connectivity index (χ3v) is 3.37. The fourth-order valence-electron chi connectivity index (χ4n) is 1.26. The van der Waals surface area contributed by atoms with Crippen LogP contribution < -0.4 is 10.6 Å². The van der Waals surface area contributed by atoms with Crippen LogP contribution in [0.2, 0.25) is 0 Å². The molecule has 0 rings (SSSR count). The van der Waals surface area contributed by atoms with Gasteiger partial charge in [-0.15, -0.1) is 0 Å². The molecule has 106 valence electrons. The SMILES string of the molecule is C/C(=N\O)C(C)(C)NCCNC(C)(C)/C(C)=N/O. The van der Waals surface area contributed by atoms with E-state index < -0.39 is 0 Å². The van der Waals surface area contributed by atoms with Gasteiger partial charge < -0.3 is 21.0 Å². The molecule has 0 aromatic heterocycles. The maximum atomic E-state index is 8.75. The molecule has 6 heteroatoms. The third-order valence-electron chi connectivity index (χ3n) is 3.37. The van der Waals surface area contributed by atoms with E-state index in [4.69, 9.17) is 10.4 Å². The van der Waals surface area contributed by atoms with Crippen molar-refractivity contribution in [1.29, 1.82) is 0 Å². The minimum absolute atomic E-state index is 0.347. The zero-order chi connectivity index (χ0) is 14.4. The first-order chi connectivity index (χ1) is 8.17. The van der Waals surface area contributed by atoms with Crippen LogP contribution in [0.3, 0.4) is 0 Å². The minimum atomic E-state index is -0.347. The molecule has 0 aromatic carbocycles. The first kappa shape index (κ1) is 16.9. The van der Waals surface area contributed by atoms with Gasteiger partial charge in [-0.05, 0) is 41.5 Å². The predicted molar refractivity (Wildman–Crippen MR) is 74.0 cm³/mol. The van der Waals surface area contributed by atoms with Crippen LogP contribution in [-0.2, 0) is 0 Å². The van der Waals surface area contributed by atoms with Crippen LogP contribution in [0.1, 0.15) is 41.5 Å². The maximum Gasteiger partial charge on any atom is 0.0734 e. The molecule has 0 fully saturated rings. The molecule has 4 N–H and O–H groups in total. The van der Waals surface area contributed by atoms with Gasteiger partial charge in [0, 0.05) is 13.1 Å². The Kier molecular flexibility index (Phi) is 6.28. The summed E-state index contributed by atoms with van der Waals surface area (Å²) in [5.41, 5.74) is 0.575. The summed E-state index contributed by atoms with van der Waals surface area (Å²) in [4.78, 5) is 0. The Labute approximate surface area is 109 Å². The Hall–Kier alpha value is -1.14. The second kappa shape index (κ2) is 6.70. The Bertz CT molecular complexity index is 290. The molecule has 0 bridgehead atoms. The number of rotatable bonds is 7. The largest absolute Gasteiger partial charge is 0.411 e. The molecule has 0 aliphatic rings. The van der Waals surface area contributed by atoms with Gasteiger partial charge in [-0.3, -0.25) is 0 Å². The zero-order valence-corrected chi connectivity index (χ0v) is 12.2. The van der Waals surface area contributed by atoms with Crippen LogP contribution >= 0.6 is 0 Å². The van der Waals surface area contributed by atoms with E-state index in [0.29, 0.717) is 24.5 Å². The highest BCUT2D eigenvalue weighted by atomic mass is 16.4. The lowest BCUT2D eigenvalue weighted by molar-refractivity contribution is 0.308. The number of nitrogens with zero attached hydrogens (tertiary/aromatic N) is 2. The quantitative estimate of drug-likeness (QED) is 0.241. The lowest BCUT2D eigenvalue weighted by Gasteiger charge is -2.28. The van der Waals surface area contributed by atoms with E-state index in [9.17, 15) is 0 Å². The van der Waals surface area contributed by atoms with Gasteiger partial charge in [-0.1, -0.05) is 10.3 Å². The fraction of sp³-hybridized carbons (Fsp3) is 0.833. The molecule has 0 spiro atoms. The van der Waals surface area contributed by atoms with Gasteiger partial charge in [0.05, 0.1) is 22.5 Å². The normalized spacial score (nSPS) is 15.0. The van der Waals surface area contributed by atoms with E-state index in [1.54, 1.807) is 13.8 Å². The lowest BCUT2D eigenvalue weighted by atomic mass is 9.99. The van der Waals surface area contributed by atoms with Gasteiger partial charge in [0.15, 0.2) is 0 Å². The second-order valence-corrected chi connectivity index (χ2v) is 5.47. The molecule has 0 saturated carbocycles. The first-order valence-corrected chi connectivity index (χ1v) is 6.05. The summed E-state index contributed by atoms with van der Waals surface area (Å²) in [7, 11) is 0. The van der Waals surface area contributed by atoms with Gasteiger partial charge in [-0.25, -0.2) is 0 Å². The summed E-state index contributed by atoms with van der Waals surface area (Å²) in [6.45, 7) is 12.8. The Balaban J connectivity index is 4.16. The van der Waals surface area contributed by atoms with E-state index in [-0.39, 0.29) is 11.1 Å². The molecular formula is C12H26N4O2. The summed E-state index contributed by atoms with van der Waals surface area (Å²) in [6, 6.07) is 0. The van der Waals surface area contributed by atoms with Crippen LogP contribution in [-0.4, -0.2) is 46.0 Å². The molecule has 0 aliphatic heterocycles. The molecule has 18 heavy (non-hydrogen) atoms. The van der Waals surface area contributed by atoms with Crippen LogP contribution in [0.25, 0.3) is 0 Å². The Morgan fingerprint density at radius 3 is 1.33 bits per heavy atom. The highest BCUT2D eigenvalue weighted by Gasteiger charge is 2.23. The maximum absolute atomic E-state index is 8.75. The highest BCUT2D eigenvalue weighted by molar-refractivity contribution is 5.90. The van der Waals surface area contributed by atoms with Crippen molar-refractivity contribution < 1.29 is 10.4 Å². The molecule has 0 aliphatic carbocycles. The topological polar surface area (TPSA) is 89.2 Å². The fourth-order valence-corrected chi connectivity index (χ4v) is 1.26. The minimum Gasteiger partial charge on any atom is -0.411 e. The lowest BCUT2D eigenvalue weighted by Crippen LogP contribution is -2.52. The Morgan fingerprint density at radius 2 is 1.11 bits per heavy atom. The smallest absolute Gasteiger partial charge is 0.0734 e. The average molecular weight is 258 g/mol. The van der Waals surface area contributed by atoms with E-state index in [1.807, 2.05) is 27.7 Å². The van der Waals surface area contributed by atoms with Crippen LogP contribution in [0.15, 0.2) is 10.3 Å². The van der Waals surface area contributed by atoms with E-state index in [2.05, 4.69) is 20.9 Å². The van der Waals surface area contributed by atoms with E-state index in [1.165, 1.54) is 0 Å². The van der Waals surface area contributed by atoms with Crippen LogP contribution in [0.5, 0.6) is 0 Å². The molecule has 0 saturated heterocycles. The number of nitrogens with one attached hydrogen (secondary N) is 2. The molecule has 0 amide bonds. The summed E-state index contributed by atoms with van der Waals surface area (Å²) in [5, 5.41) is 30.5. The first-order valence-electron chi connectivity index (χ1n) is 6.05. The zero-order valence-electron chi connectivity index (χ0n) is 12.2. The third kappa shape index (κ3) is 5.01. The molecule has 0 aromatic rings. The summed E-state index contributed by atoms with van der Waals surface area (Å²) < 4.78 is 0. The number of hydrogen-bond donors (Lipinski definition) is 4. The van der Waals surface area contributed by atoms with E-state index in [0.717, 1.165) is 0 Å². The molecule has 0 radical (unpaired) electrons. The molecule has 0 atom stereocenters. The number of oxime groups is 2. The summed E-state index contributed by atoms with van der Waals surface area (Å²) in [6.07, 6.45) is 0. The summed E-state index contributed by atoms with van der Waals surface area (Å²) in [5.74, 6) is 0. The van der Waals surface area contributed by atoms with Crippen molar-refractivity contribution in [2.45, 2.75) is 52.6 Å². The van der Waals surface area contributed by atoms with E-state index >= 15 is 0 Å². The van der Waals surface area contributed by atoms with Gasteiger partial charge >= 0.3 is 0 Å². The highest BCUT2D eigenvalue weighted by Crippen LogP contribution is 2.06. The molecule has 0 unspecified atom stereocenters. The standard InChI is InChI=1S/C12H26N4O2/c1-9(15-17)11(3,4)13-7-8-14-12(5,6)10(2)16-18/h13-14,17-18H,7-8H2,1-6H3/b15-9+,16-10+. The monoisotopic (exact) mass is 258 g/mol. The van der Waals surface area contributed by atoms with Crippen LogP contribution in [0.4, 0.5) is 0 Å². The van der Waals surface area contributed by atoms with Gasteiger partial charge in [0.25, 0.3) is 0 Å². The van der Waals surface area contributed by atoms with Crippen molar-refractivity contribution in [3.8, 4) is 0 Å². The Morgan fingerprint density at radius 1 is 0.833 bits per heavy atom.